The van der Waals surface area contributed by atoms with Crippen molar-refractivity contribution in [3.05, 3.63) is 51.0 Å². The molecule has 0 aliphatic carbocycles. The van der Waals surface area contributed by atoms with Crippen LogP contribution < -0.4 is 4.74 Å². The number of halogens is 1. The largest absolute Gasteiger partial charge is 0.485 e. The number of hydrogen-bond acceptors (Lipinski definition) is 4. The number of hydrogen-bond donors (Lipinski definition) is 0. The van der Waals surface area contributed by atoms with E-state index in [0.717, 1.165) is 15.8 Å². The summed E-state index contributed by atoms with van der Waals surface area (Å²) >= 11 is 1.55. The molecule has 1 aromatic heterocycles. The van der Waals surface area contributed by atoms with Crippen LogP contribution in [0.3, 0.4) is 0 Å². The lowest BCUT2D eigenvalue weighted by atomic mass is 10.2. The van der Waals surface area contributed by atoms with Crippen LogP contribution in [0, 0.1) is 31.0 Å². The first kappa shape index (κ1) is 14.2. The highest BCUT2D eigenvalue weighted by Crippen LogP contribution is 2.22. The van der Waals surface area contributed by atoms with Gasteiger partial charge in [-0.2, -0.15) is 5.26 Å². The maximum Gasteiger partial charge on any atom is 0.201 e. The summed E-state index contributed by atoms with van der Waals surface area (Å²) in [5.74, 6) is -0.559. The molecule has 2 aromatic rings. The molecule has 3 nitrogen and oxygen atoms in total. The first-order valence-electron chi connectivity index (χ1n) is 5.94. The molecule has 0 radical (unpaired) electrons. The highest BCUT2D eigenvalue weighted by Gasteiger charge is 2.13. The van der Waals surface area contributed by atoms with Crippen LogP contribution >= 0.6 is 11.3 Å². The molecule has 0 atom stereocenters. The van der Waals surface area contributed by atoms with E-state index in [2.05, 4.69) is 0 Å². The molecule has 0 saturated carbocycles. The van der Waals surface area contributed by atoms with Crippen molar-refractivity contribution in [1.29, 1.82) is 5.26 Å². The van der Waals surface area contributed by atoms with Gasteiger partial charge in [0.05, 0.1) is 5.56 Å². The zero-order valence-electron chi connectivity index (χ0n) is 11.1. The van der Waals surface area contributed by atoms with Gasteiger partial charge >= 0.3 is 0 Å². The zero-order chi connectivity index (χ0) is 14.7. The Morgan fingerprint density at radius 1 is 1.40 bits per heavy atom. The third-order valence-electron chi connectivity index (χ3n) is 2.77. The van der Waals surface area contributed by atoms with Gasteiger partial charge in [0.25, 0.3) is 0 Å². The number of nitriles is 1. The van der Waals surface area contributed by atoms with E-state index in [1.807, 2.05) is 19.9 Å². The summed E-state index contributed by atoms with van der Waals surface area (Å²) in [6.45, 7) is 3.67. The molecular formula is C15H12FNO2S. The Labute approximate surface area is 120 Å². The van der Waals surface area contributed by atoms with Crippen molar-refractivity contribution in [2.45, 2.75) is 13.8 Å². The van der Waals surface area contributed by atoms with Gasteiger partial charge < -0.3 is 4.74 Å². The molecule has 20 heavy (non-hydrogen) atoms. The van der Waals surface area contributed by atoms with Crippen LogP contribution in [0.5, 0.6) is 5.75 Å². The molecule has 1 heterocycles. The van der Waals surface area contributed by atoms with E-state index in [1.165, 1.54) is 12.1 Å². The number of rotatable bonds is 4. The average molecular weight is 289 g/mol. The molecule has 5 heteroatoms. The Hall–Kier alpha value is -2.19. The highest BCUT2D eigenvalue weighted by molar-refractivity contribution is 7.12. The number of ether oxygens (including phenoxy) is 1. The summed E-state index contributed by atoms with van der Waals surface area (Å²) in [5.41, 5.74) is 0.592. The lowest BCUT2D eigenvalue weighted by molar-refractivity contribution is 0.0921. The molecule has 1 aromatic carbocycles. The maximum atomic E-state index is 13.4. The van der Waals surface area contributed by atoms with Gasteiger partial charge in [0.2, 0.25) is 5.78 Å². The fourth-order valence-electron chi connectivity index (χ4n) is 1.81. The van der Waals surface area contributed by atoms with Gasteiger partial charge in [-0.25, -0.2) is 4.39 Å². The number of Topliss-reactive ketones (excluding diaryl/α,β-unsaturated/α-hetero) is 1. The van der Waals surface area contributed by atoms with Crippen LogP contribution in [0.1, 0.15) is 25.7 Å². The smallest absolute Gasteiger partial charge is 0.201 e. The summed E-state index contributed by atoms with van der Waals surface area (Å²) in [6.07, 6.45) is 0. The molecule has 0 bridgehead atoms. The minimum absolute atomic E-state index is 0.0482. The van der Waals surface area contributed by atoms with E-state index >= 15 is 0 Å². The van der Waals surface area contributed by atoms with Crippen LogP contribution in [0.2, 0.25) is 0 Å². The lowest BCUT2D eigenvalue weighted by Crippen LogP contribution is -2.11. The fraction of sp³-hybridized carbons (Fsp3) is 0.200. The number of nitrogens with zero attached hydrogens (tertiary/aromatic N) is 1. The van der Waals surface area contributed by atoms with E-state index in [9.17, 15) is 9.18 Å². The van der Waals surface area contributed by atoms with Crippen LogP contribution in [-0.4, -0.2) is 12.4 Å². The van der Waals surface area contributed by atoms with E-state index in [1.54, 1.807) is 17.4 Å². The van der Waals surface area contributed by atoms with Crippen LogP contribution in [-0.2, 0) is 0 Å². The zero-order valence-corrected chi connectivity index (χ0v) is 11.9. The summed E-state index contributed by atoms with van der Waals surface area (Å²) in [7, 11) is 0. The van der Waals surface area contributed by atoms with Crippen molar-refractivity contribution < 1.29 is 13.9 Å². The summed E-state index contributed by atoms with van der Waals surface area (Å²) < 4.78 is 18.7. The second kappa shape index (κ2) is 5.85. The van der Waals surface area contributed by atoms with Gasteiger partial charge in [-0.05, 0) is 32.0 Å². The number of ketones is 1. The van der Waals surface area contributed by atoms with Gasteiger partial charge in [0, 0.05) is 21.4 Å². The topological polar surface area (TPSA) is 50.1 Å². The number of carbonyl (C=O) groups is 1. The SMILES string of the molecule is Cc1cc(C(=O)COc2ccc(C#N)c(F)c2)c(C)s1. The number of aryl methyl sites for hydroxylation is 2. The molecule has 2 rings (SSSR count). The van der Waals surface area contributed by atoms with Gasteiger partial charge in [0.15, 0.2) is 6.61 Å². The van der Waals surface area contributed by atoms with Crippen molar-refractivity contribution >= 4 is 17.1 Å². The number of carbonyl (C=O) groups excluding carboxylic acids is 1. The second-order valence-electron chi connectivity index (χ2n) is 4.29. The third-order valence-corrected chi connectivity index (χ3v) is 3.74. The fourth-order valence-corrected chi connectivity index (χ4v) is 2.75. The first-order chi connectivity index (χ1) is 9.51. The summed E-state index contributed by atoms with van der Waals surface area (Å²) in [5, 5.41) is 8.63. The van der Waals surface area contributed by atoms with Crippen molar-refractivity contribution in [1.82, 2.24) is 0 Å². The van der Waals surface area contributed by atoms with Crippen LogP contribution in [0.4, 0.5) is 4.39 Å². The third kappa shape index (κ3) is 3.03. The Morgan fingerprint density at radius 2 is 2.15 bits per heavy atom. The van der Waals surface area contributed by atoms with Crippen LogP contribution in [0.25, 0.3) is 0 Å². The minimum atomic E-state index is -0.653. The van der Waals surface area contributed by atoms with E-state index in [4.69, 9.17) is 10.00 Å². The predicted molar refractivity (Wildman–Crippen MR) is 74.7 cm³/mol. The van der Waals surface area contributed by atoms with Crippen molar-refractivity contribution in [2.24, 2.45) is 0 Å². The molecule has 0 N–H and O–H groups in total. The van der Waals surface area contributed by atoms with Gasteiger partial charge in [-0.15, -0.1) is 11.3 Å². The molecular weight excluding hydrogens is 277 g/mol. The maximum absolute atomic E-state index is 13.4. The van der Waals surface area contributed by atoms with Gasteiger partial charge in [0.1, 0.15) is 17.6 Å². The van der Waals surface area contributed by atoms with Crippen LogP contribution in [0.15, 0.2) is 24.3 Å². The Balaban J connectivity index is 2.06. The molecule has 0 fully saturated rings. The first-order valence-corrected chi connectivity index (χ1v) is 6.75. The number of thiophene rings is 1. The van der Waals surface area contributed by atoms with Crippen molar-refractivity contribution in [2.75, 3.05) is 6.61 Å². The Morgan fingerprint density at radius 3 is 2.70 bits per heavy atom. The lowest BCUT2D eigenvalue weighted by Gasteiger charge is -2.05. The average Bonchev–Trinajstić information content (AvgIpc) is 2.75. The highest BCUT2D eigenvalue weighted by atomic mass is 32.1. The molecule has 0 aliphatic heterocycles. The normalized spacial score (nSPS) is 10.1. The van der Waals surface area contributed by atoms with Crippen molar-refractivity contribution in [3.8, 4) is 11.8 Å². The van der Waals surface area contributed by atoms with Gasteiger partial charge in [-0.1, -0.05) is 0 Å². The van der Waals surface area contributed by atoms with Crippen molar-refractivity contribution in [3.63, 3.8) is 0 Å². The standard InChI is InChI=1S/C15H12FNO2S/c1-9-5-13(10(2)20-9)15(18)8-19-12-4-3-11(7-17)14(16)6-12/h3-6H,8H2,1-2H3. The Bertz CT molecular complexity index is 700. The summed E-state index contributed by atoms with van der Waals surface area (Å²) in [4.78, 5) is 14.0. The predicted octanol–water partition coefficient (Wildman–Crippen LogP) is 3.64. The van der Waals surface area contributed by atoms with E-state index in [0.29, 0.717) is 5.56 Å². The molecule has 0 spiro atoms. The molecule has 0 unspecified atom stereocenters. The quantitative estimate of drug-likeness (QED) is 0.807. The second-order valence-corrected chi connectivity index (χ2v) is 5.75. The molecule has 0 aliphatic rings. The number of benzene rings is 1. The molecule has 0 amide bonds. The summed E-state index contributed by atoms with van der Waals surface area (Å²) in [6, 6.07) is 7.46. The van der Waals surface area contributed by atoms with E-state index in [-0.39, 0.29) is 23.7 Å². The van der Waals surface area contributed by atoms with E-state index < -0.39 is 5.82 Å². The van der Waals surface area contributed by atoms with Gasteiger partial charge in [-0.3, -0.25) is 4.79 Å². The molecule has 102 valence electrons. The minimum Gasteiger partial charge on any atom is -0.485 e. The monoisotopic (exact) mass is 289 g/mol. The molecule has 0 saturated heterocycles. The Kier molecular flexibility index (Phi) is 4.16.